The van der Waals surface area contributed by atoms with E-state index in [1.54, 1.807) is 12.4 Å². The summed E-state index contributed by atoms with van der Waals surface area (Å²) < 4.78 is 0. The maximum absolute atomic E-state index is 12.7. The quantitative estimate of drug-likeness (QED) is 0.724. The molecular formula is C17H18N6O. The number of aromatic amines is 1. The summed E-state index contributed by atoms with van der Waals surface area (Å²) in [6.07, 6.45) is 4.84. The minimum absolute atomic E-state index is 0.176. The molecule has 0 aliphatic carbocycles. The number of anilines is 1. The van der Waals surface area contributed by atoms with E-state index in [0.717, 1.165) is 17.7 Å². The molecule has 1 atom stereocenters. The van der Waals surface area contributed by atoms with E-state index in [1.165, 1.54) is 5.56 Å². The summed E-state index contributed by atoms with van der Waals surface area (Å²) in [6, 6.07) is 11.6. The van der Waals surface area contributed by atoms with Gasteiger partial charge in [0.1, 0.15) is 5.92 Å². The van der Waals surface area contributed by atoms with Crippen molar-refractivity contribution in [1.29, 1.82) is 0 Å². The lowest BCUT2D eigenvalue weighted by Crippen LogP contribution is -2.24. The number of nitrogens with zero attached hydrogens (tertiary/aromatic N) is 4. The molecule has 1 amide bonds. The second-order valence-corrected chi connectivity index (χ2v) is 5.43. The van der Waals surface area contributed by atoms with Crippen LogP contribution in [0, 0.1) is 0 Å². The first-order valence-electron chi connectivity index (χ1n) is 7.78. The fourth-order valence-corrected chi connectivity index (χ4v) is 2.43. The molecule has 2 aromatic heterocycles. The highest BCUT2D eigenvalue weighted by Gasteiger charge is 2.25. The van der Waals surface area contributed by atoms with Crippen molar-refractivity contribution in [2.45, 2.75) is 25.7 Å². The number of aromatic nitrogens is 5. The summed E-state index contributed by atoms with van der Waals surface area (Å²) in [5, 5.41) is 16.8. The van der Waals surface area contributed by atoms with Crippen molar-refractivity contribution in [2.24, 2.45) is 0 Å². The molecule has 7 heteroatoms. The molecule has 0 saturated heterocycles. The number of nitrogens with one attached hydrogen (secondary N) is 2. The van der Waals surface area contributed by atoms with Crippen LogP contribution in [0.3, 0.4) is 0 Å². The number of H-pyrrole nitrogens is 1. The van der Waals surface area contributed by atoms with Gasteiger partial charge >= 0.3 is 0 Å². The summed E-state index contributed by atoms with van der Waals surface area (Å²) in [5.74, 6) is -0.357. The van der Waals surface area contributed by atoms with Crippen molar-refractivity contribution in [3.8, 4) is 0 Å². The van der Waals surface area contributed by atoms with Gasteiger partial charge in [-0.1, -0.05) is 30.3 Å². The Balaban J connectivity index is 1.78. The summed E-state index contributed by atoms with van der Waals surface area (Å²) in [5.41, 5.74) is 2.90. The van der Waals surface area contributed by atoms with Crippen LogP contribution in [0.15, 0.2) is 48.8 Å². The van der Waals surface area contributed by atoms with E-state index in [-0.39, 0.29) is 5.91 Å². The number of pyridine rings is 1. The van der Waals surface area contributed by atoms with Crippen LogP contribution in [-0.4, -0.2) is 31.5 Å². The number of carbonyl (C=O) groups is 1. The van der Waals surface area contributed by atoms with Gasteiger partial charge in [0.15, 0.2) is 5.82 Å². The van der Waals surface area contributed by atoms with E-state index in [0.29, 0.717) is 12.2 Å². The fourth-order valence-electron chi connectivity index (χ4n) is 2.43. The van der Waals surface area contributed by atoms with E-state index in [1.807, 2.05) is 36.4 Å². The number of benzene rings is 1. The summed E-state index contributed by atoms with van der Waals surface area (Å²) >= 11 is 0. The minimum atomic E-state index is -0.543. The van der Waals surface area contributed by atoms with Gasteiger partial charge in [0, 0.05) is 18.1 Å². The molecule has 3 aromatic rings. The van der Waals surface area contributed by atoms with Crippen LogP contribution in [0.25, 0.3) is 0 Å². The van der Waals surface area contributed by atoms with Crippen LogP contribution in [0.5, 0.6) is 0 Å². The molecular weight excluding hydrogens is 304 g/mol. The lowest BCUT2D eigenvalue weighted by atomic mass is 9.98. The molecule has 7 nitrogen and oxygen atoms in total. The summed E-state index contributed by atoms with van der Waals surface area (Å²) in [7, 11) is 0. The number of tetrazole rings is 1. The molecule has 24 heavy (non-hydrogen) atoms. The van der Waals surface area contributed by atoms with Crippen LogP contribution in [0.1, 0.15) is 29.8 Å². The predicted octanol–water partition coefficient (Wildman–Crippen LogP) is 2.12. The predicted molar refractivity (Wildman–Crippen MR) is 89.3 cm³/mol. The zero-order valence-corrected chi connectivity index (χ0v) is 13.3. The van der Waals surface area contributed by atoms with Crippen molar-refractivity contribution in [3.05, 3.63) is 65.7 Å². The van der Waals surface area contributed by atoms with Gasteiger partial charge in [0.25, 0.3) is 0 Å². The van der Waals surface area contributed by atoms with E-state index >= 15 is 0 Å². The SMILES string of the molecule is CCc1ccc(NC(=O)[C@H](Cc2cccnc2)c2nn[nH]n2)cc1. The highest BCUT2D eigenvalue weighted by atomic mass is 16.1. The van der Waals surface area contributed by atoms with Crippen molar-refractivity contribution in [1.82, 2.24) is 25.6 Å². The van der Waals surface area contributed by atoms with Crippen LogP contribution in [0.2, 0.25) is 0 Å². The van der Waals surface area contributed by atoms with Crippen LogP contribution < -0.4 is 5.32 Å². The van der Waals surface area contributed by atoms with E-state index < -0.39 is 5.92 Å². The highest BCUT2D eigenvalue weighted by Crippen LogP contribution is 2.20. The van der Waals surface area contributed by atoms with Crippen molar-refractivity contribution in [2.75, 3.05) is 5.32 Å². The van der Waals surface area contributed by atoms with E-state index in [2.05, 4.69) is 37.8 Å². The van der Waals surface area contributed by atoms with Gasteiger partial charge < -0.3 is 5.32 Å². The standard InChI is InChI=1S/C17H18N6O/c1-2-12-5-7-14(8-6-12)19-17(24)15(16-20-22-23-21-16)10-13-4-3-9-18-11-13/h3-9,11,15H,2,10H2,1H3,(H,19,24)(H,20,21,22,23)/t15-/m1/s1. The Kier molecular flexibility index (Phi) is 4.90. The number of amides is 1. The fraction of sp³-hybridized carbons (Fsp3) is 0.235. The average molecular weight is 322 g/mol. The lowest BCUT2D eigenvalue weighted by molar-refractivity contribution is -0.117. The maximum atomic E-state index is 12.7. The minimum Gasteiger partial charge on any atom is -0.325 e. The average Bonchev–Trinajstić information content (AvgIpc) is 3.15. The molecule has 0 spiro atoms. The van der Waals surface area contributed by atoms with Crippen molar-refractivity contribution >= 4 is 11.6 Å². The van der Waals surface area contributed by atoms with Crippen LogP contribution in [0.4, 0.5) is 5.69 Å². The molecule has 2 N–H and O–H groups in total. The van der Waals surface area contributed by atoms with Gasteiger partial charge in [-0.25, -0.2) is 0 Å². The van der Waals surface area contributed by atoms with Gasteiger partial charge in [-0.2, -0.15) is 5.21 Å². The molecule has 0 aliphatic rings. The number of hydrogen-bond donors (Lipinski definition) is 2. The Hall–Kier alpha value is -3.09. The molecule has 0 radical (unpaired) electrons. The molecule has 122 valence electrons. The Morgan fingerprint density at radius 1 is 1.21 bits per heavy atom. The topological polar surface area (TPSA) is 96.5 Å². The first-order valence-corrected chi connectivity index (χ1v) is 7.78. The number of aryl methyl sites for hydroxylation is 1. The Morgan fingerprint density at radius 3 is 2.67 bits per heavy atom. The molecule has 2 heterocycles. The van der Waals surface area contributed by atoms with E-state index in [9.17, 15) is 4.79 Å². The van der Waals surface area contributed by atoms with E-state index in [4.69, 9.17) is 0 Å². The highest BCUT2D eigenvalue weighted by molar-refractivity contribution is 5.95. The second-order valence-electron chi connectivity index (χ2n) is 5.43. The third-order valence-corrected chi connectivity index (χ3v) is 3.78. The molecule has 0 aliphatic heterocycles. The largest absolute Gasteiger partial charge is 0.325 e. The molecule has 1 aromatic carbocycles. The van der Waals surface area contributed by atoms with Crippen molar-refractivity contribution < 1.29 is 4.79 Å². The van der Waals surface area contributed by atoms with Gasteiger partial charge in [0.2, 0.25) is 5.91 Å². The number of carbonyl (C=O) groups excluding carboxylic acids is 1. The molecule has 0 bridgehead atoms. The first kappa shape index (κ1) is 15.8. The number of hydrogen-bond acceptors (Lipinski definition) is 5. The Bertz CT molecular complexity index is 771. The normalized spacial score (nSPS) is 11.9. The Morgan fingerprint density at radius 2 is 2.04 bits per heavy atom. The molecule has 0 fully saturated rings. The van der Waals surface area contributed by atoms with Crippen LogP contribution >= 0.6 is 0 Å². The zero-order chi connectivity index (χ0) is 16.8. The first-order chi connectivity index (χ1) is 11.8. The maximum Gasteiger partial charge on any atom is 0.235 e. The third-order valence-electron chi connectivity index (χ3n) is 3.78. The smallest absolute Gasteiger partial charge is 0.235 e. The summed E-state index contributed by atoms with van der Waals surface area (Å²) in [6.45, 7) is 2.09. The Labute approximate surface area is 139 Å². The van der Waals surface area contributed by atoms with Crippen LogP contribution in [-0.2, 0) is 17.6 Å². The molecule has 0 saturated carbocycles. The zero-order valence-electron chi connectivity index (χ0n) is 13.3. The lowest BCUT2D eigenvalue weighted by Gasteiger charge is -2.14. The van der Waals surface area contributed by atoms with Crippen molar-refractivity contribution in [3.63, 3.8) is 0 Å². The van der Waals surface area contributed by atoms with Gasteiger partial charge in [-0.3, -0.25) is 9.78 Å². The monoisotopic (exact) mass is 322 g/mol. The summed E-state index contributed by atoms with van der Waals surface area (Å²) in [4.78, 5) is 16.8. The van der Waals surface area contributed by atoms with Gasteiger partial charge in [-0.05, 0) is 42.2 Å². The van der Waals surface area contributed by atoms with Gasteiger partial charge in [0.05, 0.1) is 0 Å². The van der Waals surface area contributed by atoms with Gasteiger partial charge in [-0.15, -0.1) is 10.2 Å². The third kappa shape index (κ3) is 3.81. The molecule has 3 rings (SSSR count). The second kappa shape index (κ2) is 7.45. The molecule has 0 unspecified atom stereocenters. The number of rotatable bonds is 6.